The number of aromatic nitrogens is 1. The van der Waals surface area contributed by atoms with Crippen molar-refractivity contribution in [3.8, 4) is 5.75 Å². The van der Waals surface area contributed by atoms with Crippen LogP contribution in [0.1, 0.15) is 5.69 Å². The first-order valence-corrected chi connectivity index (χ1v) is 4.32. The minimum absolute atomic E-state index is 0.658. The highest BCUT2D eigenvalue weighted by atomic mass is 16.5. The van der Waals surface area contributed by atoms with E-state index in [1.165, 1.54) is 0 Å². The van der Waals surface area contributed by atoms with Crippen molar-refractivity contribution < 1.29 is 4.74 Å². The molecule has 2 nitrogen and oxygen atoms in total. The Hall–Kier alpha value is -1.83. The lowest BCUT2D eigenvalue weighted by molar-refractivity contribution is 0.442. The molecule has 0 bridgehead atoms. The van der Waals surface area contributed by atoms with Gasteiger partial charge in [-0.15, -0.1) is 0 Å². The van der Waals surface area contributed by atoms with Crippen LogP contribution in [0.2, 0.25) is 0 Å². The maximum absolute atomic E-state index is 5.47. The molecule has 0 aromatic carbocycles. The molecule has 14 heavy (non-hydrogen) atoms. The van der Waals surface area contributed by atoms with Crippen molar-refractivity contribution in [2.45, 2.75) is 6.92 Å². The van der Waals surface area contributed by atoms with Crippen LogP contribution in [0.3, 0.4) is 0 Å². The minimum atomic E-state index is 0.658. The molecule has 1 aromatic rings. The number of hydrogen-bond donors (Lipinski definition) is 0. The number of nitrogens with zero attached hydrogens (tertiary/aromatic N) is 1. The second kappa shape index (κ2) is 5.02. The maximum Gasteiger partial charge on any atom is 0.145 e. The summed E-state index contributed by atoms with van der Waals surface area (Å²) in [5.41, 5.74) is 0.963. The second-order valence-corrected chi connectivity index (χ2v) is 2.75. The van der Waals surface area contributed by atoms with Crippen molar-refractivity contribution in [3.63, 3.8) is 0 Å². The van der Waals surface area contributed by atoms with Gasteiger partial charge in [-0.3, -0.25) is 4.98 Å². The van der Waals surface area contributed by atoms with E-state index in [-0.39, 0.29) is 0 Å². The summed E-state index contributed by atoms with van der Waals surface area (Å²) < 4.78 is 5.47. The highest BCUT2D eigenvalue weighted by Gasteiger charge is 1.95. The Labute approximate surface area is 84.3 Å². The van der Waals surface area contributed by atoms with E-state index in [9.17, 15) is 0 Å². The molecule has 1 aromatic heterocycles. The van der Waals surface area contributed by atoms with Crippen LogP contribution in [0.4, 0.5) is 0 Å². The summed E-state index contributed by atoms with van der Waals surface area (Å²) >= 11 is 0. The molecule has 0 N–H and O–H groups in total. The fourth-order valence-electron chi connectivity index (χ4n) is 0.911. The van der Waals surface area contributed by atoms with Gasteiger partial charge in [0.2, 0.25) is 0 Å². The Balaban J connectivity index is 2.77. The predicted molar refractivity (Wildman–Crippen MR) is 58.1 cm³/mol. The first-order chi connectivity index (χ1) is 6.76. The first-order valence-electron chi connectivity index (χ1n) is 4.32. The van der Waals surface area contributed by atoms with Crippen molar-refractivity contribution >= 4 is 0 Å². The van der Waals surface area contributed by atoms with E-state index in [0.29, 0.717) is 11.5 Å². The van der Waals surface area contributed by atoms with E-state index in [1.807, 2.05) is 19.1 Å². The van der Waals surface area contributed by atoms with E-state index in [1.54, 1.807) is 24.4 Å². The van der Waals surface area contributed by atoms with Gasteiger partial charge in [0.1, 0.15) is 11.5 Å². The van der Waals surface area contributed by atoms with Crippen LogP contribution in [-0.2, 0) is 0 Å². The van der Waals surface area contributed by atoms with Crippen LogP contribution in [0.15, 0.2) is 55.5 Å². The molecule has 0 atom stereocenters. The third-order valence-corrected chi connectivity index (χ3v) is 1.60. The number of hydrogen-bond acceptors (Lipinski definition) is 2. The van der Waals surface area contributed by atoms with Gasteiger partial charge in [0.05, 0.1) is 6.20 Å². The van der Waals surface area contributed by atoms with E-state index in [2.05, 4.69) is 18.1 Å². The lowest BCUT2D eigenvalue weighted by atomic mass is 10.3. The summed E-state index contributed by atoms with van der Waals surface area (Å²) in [6.45, 7) is 9.14. The Kier molecular flexibility index (Phi) is 3.68. The van der Waals surface area contributed by atoms with Gasteiger partial charge in [-0.05, 0) is 31.2 Å². The summed E-state index contributed by atoms with van der Waals surface area (Å²) in [6.07, 6.45) is 6.70. The monoisotopic (exact) mass is 187 g/mol. The van der Waals surface area contributed by atoms with Crippen LogP contribution in [-0.4, -0.2) is 4.98 Å². The van der Waals surface area contributed by atoms with Gasteiger partial charge in [0.25, 0.3) is 0 Å². The molecule has 0 radical (unpaired) electrons. The van der Waals surface area contributed by atoms with E-state index in [0.717, 1.165) is 5.69 Å². The Morgan fingerprint density at radius 2 is 2.21 bits per heavy atom. The van der Waals surface area contributed by atoms with Gasteiger partial charge in [-0.25, -0.2) is 0 Å². The highest BCUT2D eigenvalue weighted by Crippen LogP contribution is 2.12. The summed E-state index contributed by atoms with van der Waals surface area (Å²) in [5.74, 6) is 1.36. The third kappa shape index (κ3) is 2.90. The second-order valence-electron chi connectivity index (χ2n) is 2.75. The van der Waals surface area contributed by atoms with Crippen molar-refractivity contribution in [1.82, 2.24) is 4.98 Å². The Morgan fingerprint density at radius 3 is 2.71 bits per heavy atom. The molecule has 0 aliphatic heterocycles. The molecule has 0 saturated heterocycles. The molecule has 2 heteroatoms. The SMILES string of the molecule is C=C/C=C(\C=C)Oc1ccc(C)nc1. The van der Waals surface area contributed by atoms with Crippen molar-refractivity contribution in [2.75, 3.05) is 0 Å². The number of pyridine rings is 1. The normalized spacial score (nSPS) is 10.8. The molecule has 0 aliphatic rings. The molecule has 0 fully saturated rings. The van der Waals surface area contributed by atoms with Crippen LogP contribution in [0, 0.1) is 6.92 Å². The molecule has 0 aliphatic carbocycles. The molecular weight excluding hydrogens is 174 g/mol. The molecule has 0 spiro atoms. The zero-order valence-corrected chi connectivity index (χ0v) is 8.23. The highest BCUT2D eigenvalue weighted by molar-refractivity contribution is 5.25. The quantitative estimate of drug-likeness (QED) is 0.534. The Morgan fingerprint density at radius 1 is 1.43 bits per heavy atom. The lowest BCUT2D eigenvalue weighted by Gasteiger charge is -2.04. The smallest absolute Gasteiger partial charge is 0.145 e. The van der Waals surface area contributed by atoms with Gasteiger partial charge in [0, 0.05) is 5.69 Å². The van der Waals surface area contributed by atoms with E-state index >= 15 is 0 Å². The average Bonchev–Trinajstić information content (AvgIpc) is 2.20. The summed E-state index contributed by atoms with van der Waals surface area (Å²) in [5, 5.41) is 0. The fraction of sp³-hybridized carbons (Fsp3) is 0.0833. The van der Waals surface area contributed by atoms with Crippen LogP contribution in [0.5, 0.6) is 5.75 Å². The maximum atomic E-state index is 5.47. The van der Waals surface area contributed by atoms with E-state index in [4.69, 9.17) is 4.74 Å². The van der Waals surface area contributed by atoms with Gasteiger partial charge in [-0.1, -0.05) is 19.2 Å². The summed E-state index contributed by atoms with van der Waals surface area (Å²) in [4.78, 5) is 4.11. The molecule has 0 saturated carbocycles. The predicted octanol–water partition coefficient (Wildman–Crippen LogP) is 3.02. The molecule has 1 heterocycles. The molecule has 1 rings (SSSR count). The fourth-order valence-corrected chi connectivity index (χ4v) is 0.911. The van der Waals surface area contributed by atoms with Crippen LogP contribution < -0.4 is 4.74 Å². The summed E-state index contributed by atoms with van der Waals surface area (Å²) in [6, 6.07) is 3.76. The van der Waals surface area contributed by atoms with E-state index < -0.39 is 0 Å². The molecular formula is C12H13NO. The standard InChI is InChI=1S/C12H13NO/c1-4-6-11(5-2)14-12-8-7-10(3)13-9-12/h4-9H,1-2H2,3H3/b11-6+. The lowest BCUT2D eigenvalue weighted by Crippen LogP contribution is -1.92. The molecule has 72 valence electrons. The number of ether oxygens (including phenoxy) is 1. The van der Waals surface area contributed by atoms with Crippen LogP contribution in [0.25, 0.3) is 0 Å². The van der Waals surface area contributed by atoms with Gasteiger partial charge in [-0.2, -0.15) is 0 Å². The zero-order chi connectivity index (χ0) is 10.4. The van der Waals surface area contributed by atoms with Crippen molar-refractivity contribution in [3.05, 3.63) is 61.2 Å². The number of allylic oxidation sites excluding steroid dienone is 3. The minimum Gasteiger partial charge on any atom is -0.456 e. The molecule has 0 amide bonds. The third-order valence-electron chi connectivity index (χ3n) is 1.60. The first kappa shape index (κ1) is 10.3. The van der Waals surface area contributed by atoms with Gasteiger partial charge in [0.15, 0.2) is 0 Å². The largest absolute Gasteiger partial charge is 0.456 e. The average molecular weight is 187 g/mol. The molecule has 0 unspecified atom stereocenters. The topological polar surface area (TPSA) is 22.1 Å². The van der Waals surface area contributed by atoms with Gasteiger partial charge < -0.3 is 4.74 Å². The number of rotatable bonds is 4. The zero-order valence-electron chi connectivity index (χ0n) is 8.23. The van der Waals surface area contributed by atoms with Crippen LogP contribution >= 0.6 is 0 Å². The van der Waals surface area contributed by atoms with Crippen molar-refractivity contribution in [2.24, 2.45) is 0 Å². The Bertz CT molecular complexity index is 349. The van der Waals surface area contributed by atoms with Gasteiger partial charge >= 0.3 is 0 Å². The number of aryl methyl sites for hydroxylation is 1. The van der Waals surface area contributed by atoms with Crippen molar-refractivity contribution in [1.29, 1.82) is 0 Å². The summed E-state index contributed by atoms with van der Waals surface area (Å²) in [7, 11) is 0.